The number of benzene rings is 1. The van der Waals surface area contributed by atoms with Crippen LogP contribution in [0.25, 0.3) is 0 Å². The number of rotatable bonds is 2. The predicted octanol–water partition coefficient (Wildman–Crippen LogP) is 1.98. The maximum atomic E-state index is 5.54. The lowest BCUT2D eigenvalue weighted by molar-refractivity contribution is 0.171. The second kappa shape index (κ2) is 4.73. The molecule has 5 nitrogen and oxygen atoms in total. The zero-order valence-corrected chi connectivity index (χ0v) is 10.3. The molecule has 0 bridgehead atoms. The summed E-state index contributed by atoms with van der Waals surface area (Å²) < 4.78 is 11.0. The highest BCUT2D eigenvalue weighted by Gasteiger charge is 2.12. The van der Waals surface area contributed by atoms with Gasteiger partial charge in [0.05, 0.1) is 18.1 Å². The Morgan fingerprint density at radius 1 is 1.06 bits per heavy atom. The summed E-state index contributed by atoms with van der Waals surface area (Å²) in [6, 6.07) is 5.78. The molecule has 18 heavy (non-hydrogen) atoms. The van der Waals surface area contributed by atoms with Crippen LogP contribution in [0.15, 0.2) is 40.6 Å². The van der Waals surface area contributed by atoms with Gasteiger partial charge in [-0.25, -0.2) is 9.97 Å². The summed E-state index contributed by atoms with van der Waals surface area (Å²) in [5.41, 5.74) is 6.10. The number of aromatic nitrogens is 2. The molecular weight excluding hydrogens is 250 g/mol. The van der Waals surface area contributed by atoms with E-state index < -0.39 is 0 Å². The average molecular weight is 261 g/mol. The smallest absolute Gasteiger partial charge is 0.192 e. The van der Waals surface area contributed by atoms with Gasteiger partial charge in [-0.2, -0.15) is 0 Å². The van der Waals surface area contributed by atoms with Gasteiger partial charge in [0.15, 0.2) is 16.7 Å². The van der Waals surface area contributed by atoms with Crippen LogP contribution in [-0.2, 0) is 0 Å². The van der Waals surface area contributed by atoms with Gasteiger partial charge in [-0.1, -0.05) is 0 Å². The number of nitrogens with two attached hydrogens (primary N) is 1. The standard InChI is InChI=1S/C12H11N3O2S/c13-8-6-14-12(15-7-8)18-9-1-2-10-11(5-9)17-4-3-16-10/h1-2,5-7H,3-4,13H2. The third-order valence-electron chi connectivity index (χ3n) is 2.37. The summed E-state index contributed by atoms with van der Waals surface area (Å²) in [6.45, 7) is 1.18. The first-order valence-electron chi connectivity index (χ1n) is 5.46. The fraction of sp³-hybridized carbons (Fsp3) is 0.167. The van der Waals surface area contributed by atoms with Crippen molar-refractivity contribution in [3.05, 3.63) is 30.6 Å². The summed E-state index contributed by atoms with van der Waals surface area (Å²) >= 11 is 1.46. The van der Waals surface area contributed by atoms with E-state index in [1.165, 1.54) is 11.8 Å². The largest absolute Gasteiger partial charge is 0.486 e. The lowest BCUT2D eigenvalue weighted by Gasteiger charge is -2.18. The minimum atomic E-state index is 0.557. The van der Waals surface area contributed by atoms with Gasteiger partial charge >= 0.3 is 0 Å². The van der Waals surface area contributed by atoms with Crippen LogP contribution < -0.4 is 15.2 Å². The minimum absolute atomic E-state index is 0.557. The zero-order valence-electron chi connectivity index (χ0n) is 9.50. The van der Waals surface area contributed by atoms with E-state index in [1.54, 1.807) is 12.4 Å². The molecule has 0 saturated carbocycles. The number of ether oxygens (including phenoxy) is 2. The van der Waals surface area contributed by atoms with Crippen LogP contribution in [0.3, 0.4) is 0 Å². The molecule has 6 heteroatoms. The van der Waals surface area contributed by atoms with Crippen LogP contribution in [0, 0.1) is 0 Å². The van der Waals surface area contributed by atoms with Gasteiger partial charge in [-0.3, -0.25) is 0 Å². The third-order valence-corrected chi connectivity index (χ3v) is 3.25. The van der Waals surface area contributed by atoms with Crippen LogP contribution in [0.5, 0.6) is 11.5 Å². The van der Waals surface area contributed by atoms with Crippen molar-refractivity contribution < 1.29 is 9.47 Å². The molecule has 0 saturated heterocycles. The molecule has 1 aliphatic heterocycles. The van der Waals surface area contributed by atoms with E-state index in [1.807, 2.05) is 18.2 Å². The molecule has 1 aromatic carbocycles. The number of hydrogen-bond donors (Lipinski definition) is 1. The number of hydrogen-bond acceptors (Lipinski definition) is 6. The first-order valence-corrected chi connectivity index (χ1v) is 6.28. The van der Waals surface area contributed by atoms with Crippen LogP contribution in [0.2, 0.25) is 0 Å². The lowest BCUT2D eigenvalue weighted by Crippen LogP contribution is -2.15. The van der Waals surface area contributed by atoms with E-state index in [0.29, 0.717) is 24.1 Å². The van der Waals surface area contributed by atoms with Crippen LogP contribution in [0.1, 0.15) is 0 Å². The van der Waals surface area contributed by atoms with Crippen molar-refractivity contribution in [2.45, 2.75) is 10.1 Å². The maximum absolute atomic E-state index is 5.54. The van der Waals surface area contributed by atoms with E-state index in [0.717, 1.165) is 16.4 Å². The molecule has 0 radical (unpaired) electrons. The normalized spacial score (nSPS) is 13.3. The Kier molecular flexibility index (Phi) is 2.93. The van der Waals surface area contributed by atoms with Crippen molar-refractivity contribution in [2.75, 3.05) is 18.9 Å². The Morgan fingerprint density at radius 2 is 1.78 bits per heavy atom. The summed E-state index contributed by atoms with van der Waals surface area (Å²) in [5, 5.41) is 0.654. The van der Waals surface area contributed by atoms with E-state index in [2.05, 4.69) is 9.97 Å². The van der Waals surface area contributed by atoms with Crippen molar-refractivity contribution >= 4 is 17.4 Å². The summed E-state index contributed by atoms with van der Waals surface area (Å²) in [5.74, 6) is 1.55. The fourth-order valence-corrected chi connectivity index (χ4v) is 2.30. The quantitative estimate of drug-likeness (QED) is 0.833. The first-order chi connectivity index (χ1) is 8.81. The maximum Gasteiger partial charge on any atom is 0.192 e. The molecule has 0 aliphatic carbocycles. The van der Waals surface area contributed by atoms with Crippen molar-refractivity contribution in [1.82, 2.24) is 9.97 Å². The zero-order chi connectivity index (χ0) is 12.4. The van der Waals surface area contributed by atoms with Crippen molar-refractivity contribution in [3.63, 3.8) is 0 Å². The average Bonchev–Trinajstić information content (AvgIpc) is 2.41. The number of nitrogens with zero attached hydrogens (tertiary/aromatic N) is 2. The van der Waals surface area contributed by atoms with Gasteiger partial charge in [0.1, 0.15) is 13.2 Å². The van der Waals surface area contributed by atoms with Crippen molar-refractivity contribution in [2.24, 2.45) is 0 Å². The fourth-order valence-electron chi connectivity index (χ4n) is 1.57. The lowest BCUT2D eigenvalue weighted by atomic mass is 10.3. The molecule has 0 atom stereocenters. The monoisotopic (exact) mass is 261 g/mol. The molecule has 2 aromatic rings. The second-order valence-electron chi connectivity index (χ2n) is 3.71. The SMILES string of the molecule is Nc1cnc(Sc2ccc3c(c2)OCCO3)nc1. The van der Waals surface area contributed by atoms with Gasteiger partial charge < -0.3 is 15.2 Å². The molecule has 0 spiro atoms. The Labute approximate surface area is 108 Å². The first kappa shape index (κ1) is 11.2. The van der Waals surface area contributed by atoms with Crippen molar-refractivity contribution in [3.8, 4) is 11.5 Å². The van der Waals surface area contributed by atoms with Crippen molar-refractivity contribution in [1.29, 1.82) is 0 Å². The number of anilines is 1. The molecule has 1 aromatic heterocycles. The summed E-state index contributed by atoms with van der Waals surface area (Å²) in [7, 11) is 0. The number of nitrogen functional groups attached to an aromatic ring is 1. The third kappa shape index (κ3) is 2.33. The molecular formula is C12H11N3O2S. The van der Waals surface area contributed by atoms with Gasteiger partial charge in [0, 0.05) is 4.90 Å². The Bertz CT molecular complexity index is 560. The Morgan fingerprint density at radius 3 is 2.56 bits per heavy atom. The Balaban J connectivity index is 1.82. The molecule has 0 fully saturated rings. The van der Waals surface area contributed by atoms with Gasteiger partial charge in [-0.05, 0) is 30.0 Å². The minimum Gasteiger partial charge on any atom is -0.486 e. The van der Waals surface area contributed by atoms with Crippen LogP contribution in [0.4, 0.5) is 5.69 Å². The topological polar surface area (TPSA) is 70.3 Å². The highest BCUT2D eigenvalue weighted by molar-refractivity contribution is 7.99. The van der Waals surface area contributed by atoms with Crippen LogP contribution in [-0.4, -0.2) is 23.2 Å². The van der Waals surface area contributed by atoms with Gasteiger partial charge in [0.2, 0.25) is 0 Å². The molecule has 0 amide bonds. The summed E-state index contributed by atoms with van der Waals surface area (Å²) in [4.78, 5) is 9.28. The van der Waals surface area contributed by atoms with Gasteiger partial charge in [-0.15, -0.1) is 0 Å². The van der Waals surface area contributed by atoms with Gasteiger partial charge in [0.25, 0.3) is 0 Å². The molecule has 0 unspecified atom stereocenters. The molecule has 1 aliphatic rings. The van der Waals surface area contributed by atoms with E-state index in [-0.39, 0.29) is 0 Å². The van der Waals surface area contributed by atoms with E-state index >= 15 is 0 Å². The highest BCUT2D eigenvalue weighted by Crippen LogP contribution is 2.35. The second-order valence-corrected chi connectivity index (χ2v) is 4.75. The summed E-state index contributed by atoms with van der Waals surface area (Å²) in [6.07, 6.45) is 3.18. The predicted molar refractivity (Wildman–Crippen MR) is 68.0 cm³/mol. The van der Waals surface area contributed by atoms with E-state index in [9.17, 15) is 0 Å². The molecule has 92 valence electrons. The van der Waals surface area contributed by atoms with E-state index in [4.69, 9.17) is 15.2 Å². The Hall–Kier alpha value is -1.95. The molecule has 3 rings (SSSR count). The highest BCUT2D eigenvalue weighted by atomic mass is 32.2. The number of fused-ring (bicyclic) bond motifs is 1. The molecule has 2 heterocycles. The van der Waals surface area contributed by atoms with Crippen LogP contribution >= 0.6 is 11.8 Å². The molecule has 2 N–H and O–H groups in total.